The number of hydrazine groups is 1. The van der Waals surface area contributed by atoms with Crippen LogP contribution < -0.4 is 83.4 Å². The first-order chi connectivity index (χ1) is 61.2. The van der Waals surface area contributed by atoms with Gasteiger partial charge in [0, 0.05) is 81.2 Å². The number of carbonyl (C=O) groups is 9. The molecular weight excluding hydrogens is 1750 g/mol. The van der Waals surface area contributed by atoms with E-state index >= 15 is 24.0 Å². The molecule has 0 spiro atoms. The highest BCUT2D eigenvalue weighted by atomic mass is 35.5. The number of benzene rings is 6. The third-order valence-electron chi connectivity index (χ3n) is 22.2. The average Bonchev–Trinajstić information content (AvgIpc) is 0.756. The number of aromatic hydroxyl groups is 3. The molecule has 18 atom stereocenters. The van der Waals surface area contributed by atoms with Gasteiger partial charge in [0.1, 0.15) is 101 Å². The molecule has 129 heavy (non-hydrogen) atoms. The summed E-state index contributed by atoms with van der Waals surface area (Å²) in [5.74, 6) is -16.0. The Morgan fingerprint density at radius 1 is 0.713 bits per heavy atom. The topological polar surface area (TPSA) is 584 Å². The van der Waals surface area contributed by atoms with Crippen molar-refractivity contribution in [1.82, 2.24) is 63.3 Å². The Morgan fingerprint density at radius 2 is 1.35 bits per heavy atom. The number of urea groups is 1. The molecule has 6 aromatic carbocycles. The quantitative estimate of drug-likeness (QED) is 0.0302. The number of ether oxygens (including phenoxy) is 8. The maximum absolute atomic E-state index is 16.4. The Balaban J connectivity index is 0.961. The standard InChI is InChI=1S/C83H99Cl2F3N14O27/c1-36(2)25-49(90-5)73(113)97-64-66(108)39-8-15-53(47(84)27-39)124-55-29-41-30-56(70(55)128-80-71(69(111)68(110)57(35-103)126-80)127-59-34-82(4,72(112)37(3)123-59)91-17-18-101-19-21-102(22-20-101)99-81(120)92-42-10-12-44(13-11-42)129-83(86,87)88)125-54-16-9-40(28-48(54)85)67(109)65-78(118)96-63(79(119)100-122-24-23-121-6)46-31-43(104)32-52(106)60(46)45-26-38(7-14-51(45)105)61(75(115)98-65)95-76(116)62(41)94-74(114)50(33-58(89)107)93-77(64)117/h7-16,26-32,36-37,49-50,57,59,61-69,71-72,80,90-91,103-106,108-112H,17-25,33-35H2,1-6H3,(H2,89,107)(H,93,117)(H,94,114)(H,95,116)(H,96,118)(H,97,113)(H,98,115)(H,100,119)(H2,92,99,120)/t37?,49?,50?,57?,59?,61?,62?,63-,64?,65?,66?,67?,68?,69?,71?,72?,80?,82-/m1/s1. The van der Waals surface area contributed by atoms with E-state index in [2.05, 4.69) is 68.4 Å². The molecule has 0 aromatic heterocycles. The molecule has 3 saturated heterocycles. The highest BCUT2D eigenvalue weighted by molar-refractivity contribution is 6.32. The molecule has 10 amide bonds. The van der Waals surface area contributed by atoms with E-state index in [9.17, 15) is 78.3 Å². The Hall–Kier alpha value is -11.3. The third-order valence-corrected chi connectivity index (χ3v) is 22.8. The first-order valence-electron chi connectivity index (χ1n) is 40.7. The summed E-state index contributed by atoms with van der Waals surface area (Å²) in [6.07, 6.45) is -24.1. The second-order valence-electron chi connectivity index (χ2n) is 32.0. The second kappa shape index (κ2) is 41.6. The van der Waals surface area contributed by atoms with E-state index in [1.807, 2.05) is 13.8 Å². The number of hydrogen-bond acceptors (Lipinski definition) is 31. The number of phenolic OH excluding ortho intramolecular Hbond substituents is 3. The number of nitrogens with zero attached hydrogens (tertiary/aromatic N) is 2. The van der Waals surface area contributed by atoms with E-state index in [1.54, 1.807) is 11.9 Å². The lowest BCUT2D eigenvalue weighted by molar-refractivity contribution is -0.334. The molecule has 8 aliphatic rings. The van der Waals surface area contributed by atoms with Crippen LogP contribution in [-0.2, 0) is 62.1 Å². The van der Waals surface area contributed by atoms with Crippen molar-refractivity contribution in [3.05, 3.63) is 141 Å². The minimum atomic E-state index is -4.91. The number of hydrogen-bond donors (Lipinski definition) is 21. The van der Waals surface area contributed by atoms with Gasteiger partial charge in [-0.2, -0.15) is 0 Å². The number of primary amides is 1. The van der Waals surface area contributed by atoms with Gasteiger partial charge in [-0.15, -0.1) is 13.2 Å². The van der Waals surface area contributed by atoms with E-state index in [4.69, 9.17) is 66.9 Å². The van der Waals surface area contributed by atoms with Crippen molar-refractivity contribution in [1.29, 1.82) is 0 Å². The summed E-state index contributed by atoms with van der Waals surface area (Å²) >= 11 is 14.4. The molecule has 14 rings (SSSR count). The molecule has 16 unspecified atom stereocenters. The molecule has 698 valence electrons. The number of likely N-dealkylation sites (N-methyl/N-ethyl adjacent to an activating group) is 1. The second-order valence-corrected chi connectivity index (χ2v) is 32.8. The van der Waals surface area contributed by atoms with Crippen molar-refractivity contribution >= 4 is 82.2 Å². The summed E-state index contributed by atoms with van der Waals surface area (Å²) in [7, 11) is 2.80. The van der Waals surface area contributed by atoms with Gasteiger partial charge in [0.15, 0.2) is 23.9 Å². The van der Waals surface area contributed by atoms with E-state index in [-0.39, 0.29) is 66.6 Å². The van der Waals surface area contributed by atoms with Crippen LogP contribution in [0.1, 0.15) is 105 Å². The number of nitrogens with two attached hydrogens (primary N) is 1. The monoisotopic (exact) mass is 1850 g/mol. The largest absolute Gasteiger partial charge is 0.573 e. The van der Waals surface area contributed by atoms with Gasteiger partial charge in [-0.3, -0.25) is 53.5 Å². The van der Waals surface area contributed by atoms with Gasteiger partial charge in [0.05, 0.1) is 54.5 Å². The normalized spacial score (nSPS) is 26.6. The van der Waals surface area contributed by atoms with E-state index in [0.29, 0.717) is 32.7 Å². The lowest BCUT2D eigenvalue weighted by Crippen LogP contribution is -2.66. The van der Waals surface area contributed by atoms with Crippen LogP contribution in [0.2, 0.25) is 10.0 Å². The van der Waals surface area contributed by atoms with Gasteiger partial charge in [0.2, 0.25) is 53.4 Å². The summed E-state index contributed by atoms with van der Waals surface area (Å²) < 4.78 is 86.7. The molecule has 8 heterocycles. The number of fused-ring (bicyclic) bond motifs is 15. The number of anilines is 1. The number of alkyl halides is 3. The molecule has 6 aromatic rings. The van der Waals surface area contributed by atoms with Gasteiger partial charge in [-0.05, 0) is 140 Å². The zero-order valence-electron chi connectivity index (χ0n) is 69.9. The number of amides is 10. The van der Waals surface area contributed by atoms with Crippen molar-refractivity contribution in [2.75, 3.05) is 78.6 Å². The van der Waals surface area contributed by atoms with Crippen LogP contribution >= 0.6 is 23.2 Å². The molecule has 22 N–H and O–H groups in total. The number of piperazine rings is 1. The van der Waals surface area contributed by atoms with Crippen LogP contribution in [0.25, 0.3) is 11.1 Å². The molecule has 11 bridgehead atoms. The van der Waals surface area contributed by atoms with Crippen LogP contribution in [-0.4, -0.2) is 268 Å². The minimum Gasteiger partial charge on any atom is -0.508 e. The molecule has 0 aliphatic carbocycles. The number of halogens is 5. The van der Waals surface area contributed by atoms with Crippen molar-refractivity contribution < 1.29 is 145 Å². The fraction of sp³-hybridized carbons (Fsp3) is 0.458. The van der Waals surface area contributed by atoms with Crippen LogP contribution in [0.5, 0.6) is 51.7 Å². The summed E-state index contributed by atoms with van der Waals surface area (Å²) in [5, 5.41) is 131. The van der Waals surface area contributed by atoms with Crippen molar-refractivity contribution in [3.8, 4) is 62.9 Å². The zero-order chi connectivity index (χ0) is 93.4. The number of nitrogens with one attached hydrogen (secondary N) is 11. The predicted octanol–water partition coefficient (Wildman–Crippen LogP) is 1.60. The number of hydroxylamine groups is 1. The maximum atomic E-state index is 16.4. The lowest BCUT2D eigenvalue weighted by atomic mass is 9.85. The predicted molar refractivity (Wildman–Crippen MR) is 445 cm³/mol. The van der Waals surface area contributed by atoms with Gasteiger partial charge < -0.3 is 137 Å². The van der Waals surface area contributed by atoms with Gasteiger partial charge >= 0.3 is 12.4 Å². The fourth-order valence-electron chi connectivity index (χ4n) is 15.6. The average molecular weight is 1850 g/mol. The van der Waals surface area contributed by atoms with Crippen LogP contribution in [0.15, 0.2) is 103 Å². The van der Waals surface area contributed by atoms with E-state index in [1.165, 1.54) is 45.3 Å². The zero-order valence-corrected chi connectivity index (χ0v) is 71.4. The van der Waals surface area contributed by atoms with Crippen molar-refractivity contribution in [2.24, 2.45) is 11.7 Å². The van der Waals surface area contributed by atoms with Crippen LogP contribution in [0, 0.1) is 5.92 Å². The maximum Gasteiger partial charge on any atom is 0.573 e. The Labute approximate surface area is 743 Å². The van der Waals surface area contributed by atoms with Gasteiger partial charge in [-0.1, -0.05) is 55.2 Å². The summed E-state index contributed by atoms with van der Waals surface area (Å²) in [5.41, 5.74) is 6.83. The molecule has 46 heteroatoms. The number of aliphatic hydroxyl groups is 6. The molecule has 0 saturated carbocycles. The smallest absolute Gasteiger partial charge is 0.508 e. The Morgan fingerprint density at radius 3 is 1.97 bits per heavy atom. The highest BCUT2D eigenvalue weighted by Gasteiger charge is 2.53. The summed E-state index contributed by atoms with van der Waals surface area (Å²) in [6, 6.07) is 3.37. The van der Waals surface area contributed by atoms with Gasteiger partial charge in [-0.25, -0.2) is 15.3 Å². The van der Waals surface area contributed by atoms with Crippen LogP contribution in [0.4, 0.5) is 23.7 Å². The third kappa shape index (κ3) is 23.3. The Bertz CT molecular complexity index is 5130. The molecule has 3 fully saturated rings. The van der Waals surface area contributed by atoms with Crippen LogP contribution in [0.3, 0.4) is 0 Å². The number of phenols is 3. The molecule has 8 aliphatic heterocycles. The molecular formula is C83H99Cl2F3N14O27. The van der Waals surface area contributed by atoms with E-state index < -0.39 is 260 Å². The SMILES string of the molecule is CNC(CC(C)C)C(=O)NC1C(=O)NC(CC(N)=O)C(=O)NC2C(=O)NC3C(=O)NC(C(=O)N[C@@H](C(=O)NOCCOC)c4cc(O)cc(O)c4-c4cc3ccc4O)C(O)c3ccc(c(Cl)c3)Oc3cc2cc(c3OC2OC(CO)C(O)C(O)C2OC2C[C@@](C)(NCCN3CCN(NC(=O)Nc4ccc(OC(F)(F)F)cc4)CC3)C(O)C(C)O2)Oc2ccc(cc2Cl)C1O. The Kier molecular flexibility index (Phi) is 31.3. The minimum absolute atomic E-state index is 0.0754. The number of carbonyl (C=O) groups excluding carboxylic acids is 9. The fourth-order valence-corrected chi connectivity index (χ4v) is 16.0. The van der Waals surface area contributed by atoms with Gasteiger partial charge in [0.25, 0.3) is 5.91 Å². The van der Waals surface area contributed by atoms with E-state index in [0.717, 1.165) is 78.9 Å². The number of rotatable bonds is 24. The van der Waals surface area contributed by atoms with Crippen molar-refractivity contribution in [2.45, 2.75) is 163 Å². The van der Waals surface area contributed by atoms with Crippen molar-refractivity contribution in [3.63, 3.8) is 0 Å². The first kappa shape index (κ1) is 96.8. The number of aliphatic hydroxyl groups excluding tert-OH is 6. The molecule has 0 radical (unpaired) electrons. The first-order valence-corrected chi connectivity index (χ1v) is 41.5. The highest BCUT2D eigenvalue weighted by Crippen LogP contribution is 2.50. The molecule has 41 nitrogen and oxygen atoms in total. The number of methoxy groups -OCH3 is 1. The summed E-state index contributed by atoms with van der Waals surface area (Å²) in [6.45, 7) is 7.57. The lowest BCUT2D eigenvalue weighted by Gasteiger charge is -2.48. The summed E-state index contributed by atoms with van der Waals surface area (Å²) in [4.78, 5) is 140.